The van der Waals surface area contributed by atoms with E-state index in [1.54, 1.807) is 0 Å². The average molecular weight is 399 g/mol. The Morgan fingerprint density at radius 3 is 1.18 bits per heavy atom. The Kier molecular flexibility index (Phi) is 18.5. The van der Waals surface area contributed by atoms with Gasteiger partial charge in [-0.05, 0) is 50.4 Å². The lowest BCUT2D eigenvalue weighted by Gasteiger charge is -2.07. The van der Waals surface area contributed by atoms with Gasteiger partial charge in [0.25, 0.3) is 0 Å². The molecule has 0 saturated heterocycles. The van der Waals surface area contributed by atoms with Crippen LogP contribution in [0.1, 0.15) is 118 Å². The lowest BCUT2D eigenvalue weighted by Crippen LogP contribution is -2.06. The number of carbonyl (C=O) groups excluding carboxylic acids is 2. The van der Waals surface area contributed by atoms with Gasteiger partial charge in [-0.1, -0.05) is 66.2 Å². The van der Waals surface area contributed by atoms with Crippen molar-refractivity contribution < 1.29 is 19.1 Å². The minimum absolute atomic E-state index is 0.0418. The van der Waals surface area contributed by atoms with E-state index in [2.05, 4.69) is 27.7 Å². The van der Waals surface area contributed by atoms with Gasteiger partial charge in [0.1, 0.15) is 0 Å². The van der Waals surface area contributed by atoms with E-state index in [9.17, 15) is 9.59 Å². The van der Waals surface area contributed by atoms with Crippen molar-refractivity contribution in [1.82, 2.24) is 0 Å². The summed E-state index contributed by atoms with van der Waals surface area (Å²) in [6.45, 7) is 9.89. The molecule has 0 saturated carbocycles. The summed E-state index contributed by atoms with van der Waals surface area (Å²) in [7, 11) is 0. The maximum absolute atomic E-state index is 11.6. The van der Waals surface area contributed by atoms with Crippen molar-refractivity contribution in [2.75, 3.05) is 13.2 Å². The standard InChI is InChI=1S/C24H46O4/c1-21(2)15-13-19-27-23(25)17-11-9-7-5-6-8-10-12-18-24(26)28-20-14-16-22(3)4/h21-22H,5-20H2,1-4H3. The SMILES string of the molecule is CC(C)CCCOC(=O)CCCCCCCCCCC(=O)OCCCC(C)C. The van der Waals surface area contributed by atoms with Crippen LogP contribution in [0.25, 0.3) is 0 Å². The van der Waals surface area contributed by atoms with Crippen molar-refractivity contribution in [3.05, 3.63) is 0 Å². The van der Waals surface area contributed by atoms with Crippen molar-refractivity contribution in [2.45, 2.75) is 118 Å². The van der Waals surface area contributed by atoms with Gasteiger partial charge in [0.15, 0.2) is 0 Å². The second-order valence-corrected chi connectivity index (χ2v) is 8.84. The molecule has 0 aliphatic carbocycles. The van der Waals surface area contributed by atoms with Gasteiger partial charge < -0.3 is 9.47 Å². The van der Waals surface area contributed by atoms with Crippen molar-refractivity contribution in [1.29, 1.82) is 0 Å². The Morgan fingerprint density at radius 1 is 0.536 bits per heavy atom. The van der Waals surface area contributed by atoms with Gasteiger partial charge in [0.2, 0.25) is 0 Å². The van der Waals surface area contributed by atoms with E-state index in [4.69, 9.17) is 9.47 Å². The molecule has 0 unspecified atom stereocenters. The normalized spacial score (nSPS) is 11.2. The molecule has 0 bridgehead atoms. The van der Waals surface area contributed by atoms with E-state index in [1.165, 1.54) is 25.7 Å². The smallest absolute Gasteiger partial charge is 0.305 e. The molecule has 0 aromatic carbocycles. The number of unbranched alkanes of at least 4 members (excludes halogenated alkanes) is 7. The van der Waals surface area contributed by atoms with Crippen LogP contribution in [0.3, 0.4) is 0 Å². The van der Waals surface area contributed by atoms with Crippen molar-refractivity contribution in [2.24, 2.45) is 11.8 Å². The van der Waals surface area contributed by atoms with Crippen LogP contribution in [0.4, 0.5) is 0 Å². The number of ether oxygens (including phenoxy) is 2. The highest BCUT2D eigenvalue weighted by molar-refractivity contribution is 5.69. The monoisotopic (exact) mass is 398 g/mol. The van der Waals surface area contributed by atoms with Crippen molar-refractivity contribution in [3.8, 4) is 0 Å². The Balaban J connectivity index is 3.26. The fraction of sp³-hybridized carbons (Fsp3) is 0.917. The summed E-state index contributed by atoms with van der Waals surface area (Å²) in [5.74, 6) is 1.26. The molecule has 28 heavy (non-hydrogen) atoms. The Morgan fingerprint density at radius 2 is 0.857 bits per heavy atom. The first-order valence-electron chi connectivity index (χ1n) is 11.7. The lowest BCUT2D eigenvalue weighted by atomic mass is 10.1. The van der Waals surface area contributed by atoms with E-state index in [0.717, 1.165) is 51.4 Å². The fourth-order valence-corrected chi connectivity index (χ4v) is 3.10. The highest BCUT2D eigenvalue weighted by Gasteiger charge is 2.04. The molecule has 0 amide bonds. The number of carbonyl (C=O) groups is 2. The molecule has 4 nitrogen and oxygen atoms in total. The second kappa shape index (κ2) is 19.3. The van der Waals surface area contributed by atoms with E-state index in [0.29, 0.717) is 37.9 Å². The van der Waals surface area contributed by atoms with E-state index < -0.39 is 0 Å². The molecule has 4 heteroatoms. The van der Waals surface area contributed by atoms with Gasteiger partial charge in [-0.25, -0.2) is 0 Å². The average Bonchev–Trinajstić information content (AvgIpc) is 2.63. The van der Waals surface area contributed by atoms with Gasteiger partial charge >= 0.3 is 11.9 Å². The molecule has 0 rings (SSSR count). The molecular weight excluding hydrogens is 352 g/mol. The zero-order valence-electron chi connectivity index (χ0n) is 19.1. The minimum Gasteiger partial charge on any atom is -0.466 e. The first-order valence-corrected chi connectivity index (χ1v) is 11.7. The summed E-state index contributed by atoms with van der Waals surface area (Å²) in [5, 5.41) is 0. The lowest BCUT2D eigenvalue weighted by molar-refractivity contribution is -0.144. The van der Waals surface area contributed by atoms with Gasteiger partial charge in [-0.3, -0.25) is 9.59 Å². The summed E-state index contributed by atoms with van der Waals surface area (Å²) in [4.78, 5) is 23.2. The number of esters is 2. The maximum atomic E-state index is 11.6. The van der Waals surface area contributed by atoms with Crippen LogP contribution in [0.2, 0.25) is 0 Å². The van der Waals surface area contributed by atoms with Crippen LogP contribution >= 0.6 is 0 Å². The van der Waals surface area contributed by atoms with Crippen LogP contribution in [0.15, 0.2) is 0 Å². The highest BCUT2D eigenvalue weighted by atomic mass is 16.5. The van der Waals surface area contributed by atoms with Crippen LogP contribution in [0, 0.1) is 11.8 Å². The molecule has 0 radical (unpaired) electrons. The molecule has 0 atom stereocenters. The molecular formula is C24H46O4. The molecule has 166 valence electrons. The van der Waals surface area contributed by atoms with Crippen LogP contribution in [0.5, 0.6) is 0 Å². The maximum Gasteiger partial charge on any atom is 0.305 e. The topological polar surface area (TPSA) is 52.6 Å². The molecule has 0 fully saturated rings. The summed E-state index contributed by atoms with van der Waals surface area (Å²) in [5.41, 5.74) is 0. The summed E-state index contributed by atoms with van der Waals surface area (Å²) in [6.07, 6.45) is 14.1. The van der Waals surface area contributed by atoms with Gasteiger partial charge in [0.05, 0.1) is 13.2 Å². The quantitative estimate of drug-likeness (QED) is 0.176. The molecule has 0 aliphatic heterocycles. The minimum atomic E-state index is -0.0418. The largest absolute Gasteiger partial charge is 0.466 e. The van der Waals surface area contributed by atoms with E-state index >= 15 is 0 Å². The van der Waals surface area contributed by atoms with Crippen molar-refractivity contribution in [3.63, 3.8) is 0 Å². The Hall–Kier alpha value is -1.06. The fourth-order valence-electron chi connectivity index (χ4n) is 3.10. The predicted octanol–water partition coefficient (Wildman–Crippen LogP) is 6.85. The number of rotatable bonds is 19. The summed E-state index contributed by atoms with van der Waals surface area (Å²) >= 11 is 0. The number of hydrogen-bond donors (Lipinski definition) is 0. The van der Waals surface area contributed by atoms with E-state index in [1.807, 2.05) is 0 Å². The van der Waals surface area contributed by atoms with Crippen LogP contribution < -0.4 is 0 Å². The first kappa shape index (κ1) is 26.9. The summed E-state index contributed by atoms with van der Waals surface area (Å²) < 4.78 is 10.5. The van der Waals surface area contributed by atoms with Gasteiger partial charge in [0, 0.05) is 12.8 Å². The predicted molar refractivity (Wildman–Crippen MR) is 116 cm³/mol. The third-order valence-electron chi connectivity index (χ3n) is 4.89. The van der Waals surface area contributed by atoms with Crippen LogP contribution in [-0.2, 0) is 19.1 Å². The van der Waals surface area contributed by atoms with Gasteiger partial charge in [-0.15, -0.1) is 0 Å². The zero-order valence-corrected chi connectivity index (χ0v) is 19.1. The van der Waals surface area contributed by atoms with Crippen LogP contribution in [-0.4, -0.2) is 25.2 Å². The first-order chi connectivity index (χ1) is 13.4. The third-order valence-corrected chi connectivity index (χ3v) is 4.89. The molecule has 0 aromatic heterocycles. The zero-order chi connectivity index (χ0) is 21.0. The van der Waals surface area contributed by atoms with Crippen molar-refractivity contribution >= 4 is 11.9 Å². The molecule has 0 N–H and O–H groups in total. The molecule has 0 aromatic rings. The van der Waals surface area contributed by atoms with E-state index in [-0.39, 0.29) is 11.9 Å². The van der Waals surface area contributed by atoms with Gasteiger partial charge in [-0.2, -0.15) is 0 Å². The Labute approximate surface area is 174 Å². The molecule has 0 spiro atoms. The Bertz CT molecular complexity index is 341. The molecule has 0 heterocycles. The summed E-state index contributed by atoms with van der Waals surface area (Å²) in [6, 6.07) is 0. The number of hydrogen-bond acceptors (Lipinski definition) is 4. The second-order valence-electron chi connectivity index (χ2n) is 8.84. The highest BCUT2D eigenvalue weighted by Crippen LogP contribution is 2.12. The molecule has 0 aliphatic rings. The third kappa shape index (κ3) is 21.2.